The van der Waals surface area contributed by atoms with Gasteiger partial charge in [0.15, 0.2) is 15.5 Å². The third kappa shape index (κ3) is 6.90. The van der Waals surface area contributed by atoms with Gasteiger partial charge in [0, 0.05) is 66.0 Å². The number of carbonyl (C=O) groups excluding carboxylic acids is 1. The molecule has 2 aromatic rings. The lowest BCUT2D eigenvalue weighted by Gasteiger charge is -2.35. The van der Waals surface area contributed by atoms with Crippen LogP contribution in [0.4, 0.5) is 17.6 Å². The number of sulfonamides is 1. The lowest BCUT2D eigenvalue weighted by atomic mass is 9.93. The molecule has 0 spiro atoms. The molecule has 1 saturated heterocycles. The molecule has 15 heteroatoms. The second-order valence-electron chi connectivity index (χ2n) is 8.83. The van der Waals surface area contributed by atoms with Gasteiger partial charge in [0.2, 0.25) is 10.0 Å². The highest BCUT2D eigenvalue weighted by Crippen LogP contribution is 2.39. The average molecular weight is 598 g/mol. The number of piperidine rings is 1. The number of rotatable bonds is 7. The van der Waals surface area contributed by atoms with Crippen molar-refractivity contribution in [1.29, 1.82) is 0 Å². The Hall–Kier alpha value is -2.55. The van der Waals surface area contributed by atoms with Gasteiger partial charge in [-0.15, -0.1) is 0 Å². The van der Waals surface area contributed by atoms with Crippen LogP contribution in [-0.4, -0.2) is 63.1 Å². The van der Waals surface area contributed by atoms with Crippen LogP contribution in [0.1, 0.15) is 25.5 Å². The maximum atomic E-state index is 15.4. The van der Waals surface area contributed by atoms with E-state index in [1.807, 2.05) is 0 Å². The number of aromatic nitrogens is 1. The number of alkyl halides is 4. The number of nitrogens with zero attached hydrogens (tertiary/aromatic N) is 2. The number of hydrogen-bond donors (Lipinski definition) is 1. The van der Waals surface area contributed by atoms with Gasteiger partial charge < -0.3 is 5.32 Å². The molecule has 1 N–H and O–H groups in total. The van der Waals surface area contributed by atoms with Gasteiger partial charge in [-0.2, -0.15) is 17.5 Å². The van der Waals surface area contributed by atoms with E-state index in [0.29, 0.717) is 12.3 Å². The number of halogens is 5. The van der Waals surface area contributed by atoms with Gasteiger partial charge >= 0.3 is 6.18 Å². The van der Waals surface area contributed by atoms with E-state index in [1.54, 1.807) is 0 Å². The molecule has 1 aliphatic heterocycles. The maximum absolute atomic E-state index is 15.4. The lowest BCUT2D eigenvalue weighted by molar-refractivity contribution is -0.141. The summed E-state index contributed by atoms with van der Waals surface area (Å²) in [6.07, 6.45) is -3.20. The molecule has 1 aliphatic rings. The Kier molecular flexibility index (Phi) is 8.61. The van der Waals surface area contributed by atoms with Crippen molar-refractivity contribution in [3.63, 3.8) is 0 Å². The standard InChI is InChI=1S/C23H24ClF4N3O5S2/c1-15(7-12-37(2,33)34)30-21(32)22(25)8-10-31(11-9-22)38(35,36)19-14-29-20(23(26,27)28)13-17(19)16-5-3-4-6-18(16)24/h3-7,12-15H,8-11H2,1-2H3,(H,30,32)/b12-7-/t15-/m1/s1. The quantitative estimate of drug-likeness (QED) is 0.483. The molecule has 38 heavy (non-hydrogen) atoms. The second kappa shape index (κ2) is 10.9. The van der Waals surface area contributed by atoms with Crippen LogP contribution in [0.2, 0.25) is 5.02 Å². The van der Waals surface area contributed by atoms with Gasteiger partial charge in [0.05, 0.1) is 0 Å². The van der Waals surface area contributed by atoms with E-state index in [0.717, 1.165) is 16.0 Å². The fourth-order valence-corrected chi connectivity index (χ4v) is 6.12. The lowest BCUT2D eigenvalue weighted by Crippen LogP contribution is -2.53. The van der Waals surface area contributed by atoms with Crippen molar-refractivity contribution in [2.45, 2.75) is 42.5 Å². The van der Waals surface area contributed by atoms with Gasteiger partial charge in [-0.1, -0.05) is 35.9 Å². The Morgan fingerprint density at radius 3 is 2.32 bits per heavy atom. The Morgan fingerprint density at radius 2 is 1.76 bits per heavy atom. The summed E-state index contributed by atoms with van der Waals surface area (Å²) in [5.74, 6) is -1.03. The van der Waals surface area contributed by atoms with Crippen molar-refractivity contribution in [2.75, 3.05) is 19.3 Å². The van der Waals surface area contributed by atoms with Crippen LogP contribution in [-0.2, 0) is 30.8 Å². The average Bonchev–Trinajstić information content (AvgIpc) is 2.82. The molecular weight excluding hydrogens is 574 g/mol. The number of nitrogens with one attached hydrogen (secondary N) is 1. The molecule has 2 heterocycles. The first kappa shape index (κ1) is 30.0. The second-order valence-corrected chi connectivity index (χ2v) is 13.1. The van der Waals surface area contributed by atoms with Gasteiger partial charge in [-0.3, -0.25) is 9.78 Å². The summed E-state index contributed by atoms with van der Waals surface area (Å²) in [7, 11) is -7.93. The first-order valence-electron chi connectivity index (χ1n) is 11.1. The minimum absolute atomic E-state index is 0.0143. The van der Waals surface area contributed by atoms with Crippen LogP contribution in [0.5, 0.6) is 0 Å². The number of amides is 1. The fraction of sp³-hybridized carbons (Fsp3) is 0.391. The smallest absolute Gasteiger partial charge is 0.347 e. The van der Waals surface area contributed by atoms with Crippen LogP contribution < -0.4 is 5.32 Å². The summed E-state index contributed by atoms with van der Waals surface area (Å²) < 4.78 is 106. The monoisotopic (exact) mass is 597 g/mol. The molecule has 1 amide bonds. The van der Waals surface area contributed by atoms with E-state index in [-0.39, 0.29) is 16.1 Å². The minimum Gasteiger partial charge on any atom is -0.347 e. The highest BCUT2D eigenvalue weighted by atomic mass is 35.5. The number of pyridine rings is 1. The molecule has 8 nitrogen and oxygen atoms in total. The van der Waals surface area contributed by atoms with Crippen molar-refractivity contribution in [1.82, 2.24) is 14.6 Å². The molecule has 0 unspecified atom stereocenters. The van der Waals surface area contributed by atoms with Crippen molar-refractivity contribution >= 4 is 37.4 Å². The molecule has 1 fully saturated rings. The Bertz CT molecular complexity index is 1460. The molecule has 1 aromatic heterocycles. The zero-order valence-electron chi connectivity index (χ0n) is 20.2. The summed E-state index contributed by atoms with van der Waals surface area (Å²) in [6.45, 7) is 0.558. The van der Waals surface area contributed by atoms with Crippen molar-refractivity contribution < 1.29 is 39.2 Å². The molecule has 0 aliphatic carbocycles. The number of hydrogen-bond acceptors (Lipinski definition) is 6. The van der Waals surface area contributed by atoms with E-state index < -0.39 is 80.2 Å². The summed E-state index contributed by atoms with van der Waals surface area (Å²) in [5, 5.41) is 3.22. The summed E-state index contributed by atoms with van der Waals surface area (Å²) in [5.41, 5.74) is -4.04. The van der Waals surface area contributed by atoms with Crippen molar-refractivity contribution in [3.05, 3.63) is 58.7 Å². The first-order chi connectivity index (χ1) is 17.4. The zero-order chi connectivity index (χ0) is 28.5. The first-order valence-corrected chi connectivity index (χ1v) is 14.9. The van der Waals surface area contributed by atoms with E-state index >= 15 is 4.39 Å². The van der Waals surface area contributed by atoms with E-state index in [2.05, 4.69) is 10.3 Å². The number of carbonyl (C=O) groups is 1. The van der Waals surface area contributed by atoms with Gasteiger partial charge in [0.25, 0.3) is 5.91 Å². The molecule has 0 radical (unpaired) electrons. The summed E-state index contributed by atoms with van der Waals surface area (Å²) in [4.78, 5) is 15.3. The van der Waals surface area contributed by atoms with E-state index in [9.17, 15) is 34.8 Å². The molecule has 0 bridgehead atoms. The summed E-state index contributed by atoms with van der Waals surface area (Å²) >= 11 is 6.15. The van der Waals surface area contributed by atoms with Crippen molar-refractivity contribution in [2.24, 2.45) is 0 Å². The molecular formula is C23H24ClF4N3O5S2. The minimum atomic E-state index is -4.85. The number of benzene rings is 1. The molecule has 208 valence electrons. The SMILES string of the molecule is C[C@H](/C=C\S(C)(=O)=O)NC(=O)C1(F)CCN(S(=O)(=O)c2cnc(C(F)(F)F)cc2-c2ccccc2Cl)CC1. The Balaban J connectivity index is 1.87. The molecule has 0 saturated carbocycles. The zero-order valence-corrected chi connectivity index (χ0v) is 22.6. The van der Waals surface area contributed by atoms with Crippen LogP contribution >= 0.6 is 11.6 Å². The Labute approximate surface area is 222 Å². The normalized spacial score (nSPS) is 17.9. The maximum Gasteiger partial charge on any atom is 0.433 e. The molecule has 1 atom stereocenters. The topological polar surface area (TPSA) is 114 Å². The van der Waals surface area contributed by atoms with E-state index in [1.165, 1.54) is 37.3 Å². The van der Waals surface area contributed by atoms with Crippen molar-refractivity contribution in [3.8, 4) is 11.1 Å². The fourth-order valence-electron chi connectivity index (χ4n) is 3.79. The third-order valence-electron chi connectivity index (χ3n) is 5.83. The van der Waals surface area contributed by atoms with Crippen LogP contribution in [0, 0.1) is 0 Å². The van der Waals surface area contributed by atoms with Gasteiger partial charge in [0.1, 0.15) is 10.6 Å². The number of sulfone groups is 1. The highest BCUT2D eigenvalue weighted by molar-refractivity contribution is 7.93. The third-order valence-corrected chi connectivity index (χ3v) is 8.74. The Morgan fingerprint density at radius 1 is 1.16 bits per heavy atom. The van der Waals surface area contributed by atoms with Crippen LogP contribution in [0.25, 0.3) is 11.1 Å². The predicted octanol–water partition coefficient (Wildman–Crippen LogP) is 3.98. The van der Waals surface area contributed by atoms with E-state index in [4.69, 9.17) is 11.6 Å². The van der Waals surface area contributed by atoms with Gasteiger partial charge in [-0.25, -0.2) is 21.2 Å². The molecule has 3 rings (SSSR count). The van der Waals surface area contributed by atoms with Crippen LogP contribution in [0.15, 0.2) is 52.9 Å². The van der Waals surface area contributed by atoms with Crippen LogP contribution in [0.3, 0.4) is 0 Å². The predicted molar refractivity (Wildman–Crippen MR) is 133 cm³/mol. The highest BCUT2D eigenvalue weighted by Gasteiger charge is 2.45. The largest absolute Gasteiger partial charge is 0.433 e. The summed E-state index contributed by atoms with van der Waals surface area (Å²) in [6, 6.07) is 5.54. The van der Waals surface area contributed by atoms with Gasteiger partial charge in [-0.05, 0) is 19.1 Å². The molecule has 1 aromatic carbocycles.